The van der Waals surface area contributed by atoms with Gasteiger partial charge >= 0.3 is 16.2 Å². The SMILES string of the molecule is CC(C#N)CCc1ccc2cc(OC(=O)c3ccc(C(C)(C)C)cc3)c(N3CC(=O)NS3(=O)=O)cc2c1. The van der Waals surface area contributed by atoms with Crippen LogP contribution in [-0.2, 0) is 26.8 Å². The Balaban J connectivity index is 1.73. The van der Waals surface area contributed by atoms with Crippen LogP contribution in [0.3, 0.4) is 0 Å². The molecular weight excluding hydrogens is 490 g/mol. The Morgan fingerprint density at radius 3 is 2.41 bits per heavy atom. The first-order chi connectivity index (χ1) is 17.4. The van der Waals surface area contributed by atoms with Gasteiger partial charge in [-0.2, -0.15) is 13.7 Å². The molecule has 9 heteroatoms. The largest absolute Gasteiger partial charge is 0.421 e. The Kier molecular flexibility index (Phi) is 6.98. The third-order valence-electron chi connectivity index (χ3n) is 6.35. The van der Waals surface area contributed by atoms with Crippen LogP contribution in [0.5, 0.6) is 5.75 Å². The van der Waals surface area contributed by atoms with Gasteiger partial charge in [-0.15, -0.1) is 0 Å². The molecule has 1 atom stereocenters. The molecule has 0 radical (unpaired) electrons. The normalized spacial score (nSPS) is 15.8. The zero-order valence-electron chi connectivity index (χ0n) is 21.2. The van der Waals surface area contributed by atoms with Crippen LogP contribution in [0.1, 0.15) is 55.6 Å². The second-order valence-corrected chi connectivity index (χ2v) is 11.9. The summed E-state index contributed by atoms with van der Waals surface area (Å²) in [6, 6.07) is 18.2. The highest BCUT2D eigenvalue weighted by molar-refractivity contribution is 7.92. The number of anilines is 1. The number of hydrogen-bond acceptors (Lipinski definition) is 6. The number of carbonyl (C=O) groups excluding carboxylic acids is 2. The van der Waals surface area contributed by atoms with Gasteiger partial charge in [-0.1, -0.05) is 51.1 Å². The molecule has 192 valence electrons. The van der Waals surface area contributed by atoms with E-state index in [-0.39, 0.29) is 22.8 Å². The monoisotopic (exact) mass is 519 g/mol. The van der Waals surface area contributed by atoms with Gasteiger partial charge < -0.3 is 4.74 Å². The van der Waals surface area contributed by atoms with Crippen LogP contribution in [0.4, 0.5) is 5.69 Å². The van der Waals surface area contributed by atoms with Crippen LogP contribution in [0.25, 0.3) is 10.8 Å². The van der Waals surface area contributed by atoms with Crippen LogP contribution in [-0.4, -0.2) is 26.8 Å². The number of ether oxygens (including phenoxy) is 1. The van der Waals surface area contributed by atoms with E-state index in [4.69, 9.17) is 10.00 Å². The summed E-state index contributed by atoms with van der Waals surface area (Å²) < 4.78 is 33.9. The smallest absolute Gasteiger partial charge is 0.343 e. The number of esters is 1. The number of rotatable bonds is 6. The lowest BCUT2D eigenvalue weighted by molar-refractivity contribution is -0.117. The molecule has 3 aromatic carbocycles. The summed E-state index contributed by atoms with van der Waals surface area (Å²) in [6.45, 7) is 7.66. The molecule has 1 amide bonds. The lowest BCUT2D eigenvalue weighted by Gasteiger charge is -2.20. The number of carbonyl (C=O) groups is 2. The van der Waals surface area contributed by atoms with E-state index in [1.54, 1.807) is 24.3 Å². The van der Waals surface area contributed by atoms with Crippen LogP contribution in [0.15, 0.2) is 54.6 Å². The fourth-order valence-electron chi connectivity index (χ4n) is 4.12. The van der Waals surface area contributed by atoms with Crippen molar-refractivity contribution >= 4 is 38.5 Å². The number of benzene rings is 3. The lowest BCUT2D eigenvalue weighted by Crippen LogP contribution is -2.30. The van der Waals surface area contributed by atoms with E-state index in [0.29, 0.717) is 18.4 Å². The number of fused-ring (bicyclic) bond motifs is 1. The Bertz CT molecular complexity index is 1520. The van der Waals surface area contributed by atoms with Gasteiger partial charge in [-0.3, -0.25) is 4.79 Å². The van der Waals surface area contributed by atoms with Crippen molar-refractivity contribution in [2.75, 3.05) is 10.8 Å². The molecule has 0 saturated carbocycles. The molecule has 1 N–H and O–H groups in total. The molecule has 37 heavy (non-hydrogen) atoms. The molecule has 1 fully saturated rings. The van der Waals surface area contributed by atoms with Gasteiger partial charge in [-0.05, 0) is 71.3 Å². The highest BCUT2D eigenvalue weighted by atomic mass is 32.2. The van der Waals surface area contributed by atoms with Crippen LogP contribution in [0.2, 0.25) is 0 Å². The van der Waals surface area contributed by atoms with E-state index < -0.39 is 28.6 Å². The quantitative estimate of drug-likeness (QED) is 0.375. The summed E-state index contributed by atoms with van der Waals surface area (Å²) in [7, 11) is -4.13. The Morgan fingerprint density at radius 1 is 1.11 bits per heavy atom. The Hall–Kier alpha value is -3.90. The van der Waals surface area contributed by atoms with E-state index in [1.165, 1.54) is 0 Å². The van der Waals surface area contributed by atoms with Crippen molar-refractivity contribution in [3.63, 3.8) is 0 Å². The zero-order valence-corrected chi connectivity index (χ0v) is 22.1. The molecule has 0 aromatic heterocycles. The van der Waals surface area contributed by atoms with E-state index in [2.05, 4.69) is 26.8 Å². The first-order valence-electron chi connectivity index (χ1n) is 12.0. The average Bonchev–Trinajstić information content (AvgIpc) is 3.12. The summed E-state index contributed by atoms with van der Waals surface area (Å²) in [6.07, 6.45) is 1.38. The van der Waals surface area contributed by atoms with Gasteiger partial charge in [0.15, 0.2) is 5.75 Å². The third-order valence-corrected chi connectivity index (χ3v) is 7.74. The fourth-order valence-corrected chi connectivity index (χ4v) is 5.27. The fraction of sp³-hybridized carbons (Fsp3) is 0.321. The van der Waals surface area contributed by atoms with Crippen molar-refractivity contribution in [2.45, 2.75) is 46.0 Å². The molecule has 4 rings (SSSR count). The van der Waals surface area contributed by atoms with Crippen LogP contribution in [0, 0.1) is 17.2 Å². The van der Waals surface area contributed by atoms with E-state index >= 15 is 0 Å². The zero-order chi connectivity index (χ0) is 27.0. The molecule has 1 aliphatic heterocycles. The van der Waals surface area contributed by atoms with Crippen molar-refractivity contribution in [1.29, 1.82) is 5.26 Å². The molecule has 3 aromatic rings. The topological polar surface area (TPSA) is 117 Å². The molecule has 0 aliphatic carbocycles. The summed E-state index contributed by atoms with van der Waals surface area (Å²) in [5, 5.41) is 10.5. The minimum atomic E-state index is -4.13. The maximum absolute atomic E-state index is 13.0. The predicted octanol–water partition coefficient (Wildman–Crippen LogP) is 4.63. The Labute approximate surface area is 217 Å². The lowest BCUT2D eigenvalue weighted by atomic mass is 9.87. The first-order valence-corrected chi connectivity index (χ1v) is 13.4. The van der Waals surface area contributed by atoms with Crippen molar-refractivity contribution in [1.82, 2.24) is 4.72 Å². The number of nitriles is 1. The van der Waals surface area contributed by atoms with Gasteiger partial charge in [0.1, 0.15) is 6.54 Å². The van der Waals surface area contributed by atoms with E-state index in [0.717, 1.165) is 26.2 Å². The summed E-state index contributed by atoms with van der Waals surface area (Å²) in [5.41, 5.74) is 2.38. The summed E-state index contributed by atoms with van der Waals surface area (Å²) in [5.74, 6) is -1.37. The van der Waals surface area contributed by atoms with Crippen molar-refractivity contribution in [2.24, 2.45) is 5.92 Å². The average molecular weight is 520 g/mol. The number of nitrogens with one attached hydrogen (secondary N) is 1. The van der Waals surface area contributed by atoms with Crippen molar-refractivity contribution in [3.05, 3.63) is 71.3 Å². The maximum atomic E-state index is 13.0. The van der Waals surface area contributed by atoms with Crippen LogP contribution >= 0.6 is 0 Å². The standard InChI is InChI=1S/C28H29N3O5S/c1-18(16-29)5-6-19-7-8-21-15-25(36-27(33)20-9-11-23(12-10-20)28(2,3)4)24(14-22(21)13-19)31-17-26(32)30-37(31,34)35/h7-15,18H,5-6,17H2,1-4H3,(H,30,32). The molecule has 0 spiro atoms. The number of hydrogen-bond donors (Lipinski definition) is 1. The highest BCUT2D eigenvalue weighted by Gasteiger charge is 2.36. The molecule has 1 aliphatic rings. The van der Waals surface area contributed by atoms with Gasteiger partial charge in [0, 0.05) is 5.92 Å². The summed E-state index contributed by atoms with van der Waals surface area (Å²) >= 11 is 0. The van der Waals surface area contributed by atoms with Gasteiger partial charge in [0.25, 0.3) is 5.91 Å². The first kappa shape index (κ1) is 26.2. The van der Waals surface area contributed by atoms with E-state index in [9.17, 15) is 18.0 Å². The minimum Gasteiger partial charge on any atom is -0.421 e. The second-order valence-electron chi connectivity index (χ2n) is 10.3. The molecule has 1 unspecified atom stereocenters. The molecule has 8 nitrogen and oxygen atoms in total. The van der Waals surface area contributed by atoms with E-state index in [1.807, 2.05) is 42.0 Å². The maximum Gasteiger partial charge on any atom is 0.343 e. The van der Waals surface area contributed by atoms with Gasteiger partial charge in [0.05, 0.1) is 17.3 Å². The summed E-state index contributed by atoms with van der Waals surface area (Å²) in [4.78, 5) is 25.0. The molecule has 1 saturated heterocycles. The molecule has 1 heterocycles. The predicted molar refractivity (Wildman–Crippen MR) is 142 cm³/mol. The number of aryl methyl sites for hydroxylation is 1. The van der Waals surface area contributed by atoms with Crippen LogP contribution < -0.4 is 13.8 Å². The number of nitrogens with zero attached hydrogens (tertiary/aromatic N) is 2. The molecule has 0 bridgehead atoms. The number of amides is 1. The second kappa shape index (κ2) is 9.87. The third kappa shape index (κ3) is 5.75. The van der Waals surface area contributed by atoms with Gasteiger partial charge in [0.2, 0.25) is 0 Å². The van der Waals surface area contributed by atoms with Crippen molar-refractivity contribution in [3.8, 4) is 11.8 Å². The highest BCUT2D eigenvalue weighted by Crippen LogP contribution is 2.37. The minimum absolute atomic E-state index is 0.0309. The van der Waals surface area contributed by atoms with Crippen molar-refractivity contribution < 1.29 is 22.7 Å². The molecular formula is C28H29N3O5S. The van der Waals surface area contributed by atoms with Gasteiger partial charge in [-0.25, -0.2) is 13.8 Å². The Morgan fingerprint density at radius 2 is 1.81 bits per heavy atom.